The molecule has 0 spiro atoms. The summed E-state index contributed by atoms with van der Waals surface area (Å²) in [5.74, 6) is 1.52. The molecule has 2 aromatic heterocycles. The third-order valence-electron chi connectivity index (χ3n) is 8.04. The predicted octanol–water partition coefficient (Wildman–Crippen LogP) is 7.83. The molecule has 0 aliphatic carbocycles. The molecule has 38 heavy (non-hydrogen) atoms. The maximum Gasteiger partial charge on any atom is 0.150 e. The van der Waals surface area contributed by atoms with E-state index in [0.717, 1.165) is 79.6 Å². The molecule has 1 fully saturated rings. The molecule has 1 unspecified atom stereocenters. The number of hydrogen-bond donors (Lipinski definition) is 3. The van der Waals surface area contributed by atoms with Gasteiger partial charge in [-0.1, -0.05) is 67.2 Å². The van der Waals surface area contributed by atoms with Crippen molar-refractivity contribution in [2.24, 2.45) is 5.41 Å². The number of nitrogens with zero attached hydrogens (tertiary/aromatic N) is 4. The van der Waals surface area contributed by atoms with E-state index in [1.165, 1.54) is 31.4 Å². The van der Waals surface area contributed by atoms with Crippen LogP contribution in [0.5, 0.6) is 0 Å². The zero-order valence-corrected chi connectivity index (χ0v) is 25.9. The van der Waals surface area contributed by atoms with Crippen LogP contribution in [0.3, 0.4) is 0 Å². The van der Waals surface area contributed by atoms with Crippen LogP contribution in [-0.4, -0.2) is 50.9 Å². The number of rotatable bonds is 10. The first-order valence-electron chi connectivity index (χ1n) is 14.8. The number of unbranched alkanes of at least 4 members (excludes halogenated alkanes) is 1. The molecular weight excluding hydrogens is 488 g/mol. The number of H-pyrrole nitrogens is 1. The highest BCUT2D eigenvalue weighted by Crippen LogP contribution is 2.34. The number of piperazine rings is 1. The number of fused-ring (bicyclic) bond motifs is 3. The average molecular weight is 541 g/mol. The molecular formula is C31H52N6S. The summed E-state index contributed by atoms with van der Waals surface area (Å²) in [5.41, 5.74) is 10.6. The van der Waals surface area contributed by atoms with Crippen molar-refractivity contribution in [3.05, 3.63) is 24.0 Å². The molecule has 1 aliphatic heterocycles. The van der Waals surface area contributed by atoms with Gasteiger partial charge in [0.05, 0.1) is 10.4 Å². The Morgan fingerprint density at radius 1 is 0.974 bits per heavy atom. The first-order valence-corrected chi connectivity index (χ1v) is 15.3. The van der Waals surface area contributed by atoms with Gasteiger partial charge in [0.2, 0.25) is 0 Å². The molecule has 1 saturated heterocycles. The minimum Gasteiger partial charge on any atom is -0.382 e. The molecule has 1 aromatic carbocycles. The Balaban J connectivity index is 0.00000127. The summed E-state index contributed by atoms with van der Waals surface area (Å²) < 4.78 is 0. The molecule has 0 amide bonds. The van der Waals surface area contributed by atoms with Gasteiger partial charge in [0, 0.05) is 43.7 Å². The van der Waals surface area contributed by atoms with Gasteiger partial charge in [0.15, 0.2) is 0 Å². The lowest BCUT2D eigenvalue weighted by Gasteiger charge is -2.44. The lowest BCUT2D eigenvalue weighted by molar-refractivity contribution is 0.155. The molecule has 4 rings (SSSR count). The van der Waals surface area contributed by atoms with Crippen molar-refractivity contribution in [1.29, 1.82) is 0 Å². The second-order valence-electron chi connectivity index (χ2n) is 12.0. The van der Waals surface area contributed by atoms with Crippen LogP contribution < -0.4 is 10.6 Å². The van der Waals surface area contributed by atoms with Gasteiger partial charge >= 0.3 is 0 Å². The summed E-state index contributed by atoms with van der Waals surface area (Å²) >= 11 is 5.11. The van der Waals surface area contributed by atoms with Gasteiger partial charge < -0.3 is 15.6 Å². The second kappa shape index (κ2) is 13.4. The number of aryl methyl sites for hydroxylation is 1. The van der Waals surface area contributed by atoms with E-state index in [2.05, 4.69) is 86.4 Å². The van der Waals surface area contributed by atoms with E-state index in [1.54, 1.807) is 0 Å². The van der Waals surface area contributed by atoms with Gasteiger partial charge in [-0.15, -0.1) is 0 Å². The number of nitrogen functional groups attached to an aromatic ring is 1. The number of thiol groups is 1. The molecule has 1 aliphatic rings. The van der Waals surface area contributed by atoms with Gasteiger partial charge in [0.25, 0.3) is 0 Å². The van der Waals surface area contributed by atoms with Crippen molar-refractivity contribution in [1.82, 2.24) is 19.9 Å². The Hall–Kier alpha value is -1.99. The fraction of sp³-hybridized carbons (Fsp3) is 0.677. The summed E-state index contributed by atoms with van der Waals surface area (Å²) in [6.45, 7) is 19.8. The van der Waals surface area contributed by atoms with Crippen molar-refractivity contribution in [2.75, 3.05) is 36.8 Å². The molecule has 6 nitrogen and oxygen atoms in total. The highest BCUT2D eigenvalue weighted by atomic mass is 32.1. The van der Waals surface area contributed by atoms with Crippen LogP contribution in [0.25, 0.3) is 21.9 Å². The Kier molecular flexibility index (Phi) is 10.8. The highest BCUT2D eigenvalue weighted by molar-refractivity contribution is 7.81. The van der Waals surface area contributed by atoms with Crippen molar-refractivity contribution in [2.45, 2.75) is 105 Å². The molecule has 0 saturated carbocycles. The third kappa shape index (κ3) is 7.56. The standard InChI is InChI=1S/C28H44N6S.C3H8/c1-6-8-10-23-31-24-21-19-20(11-12-22(21)30-26(29)25(24)32-23)33-15-17-34(18-16-33)28(5,35)14-9-13-27(3,4)7-2;1-3-2/h11-12,19,35H,6-10,13-18H2,1-5H3,(H2,29,30)(H,31,32);3H2,1-2H3. The largest absolute Gasteiger partial charge is 0.382 e. The van der Waals surface area contributed by atoms with Gasteiger partial charge in [-0.05, 0) is 49.8 Å². The Morgan fingerprint density at radius 3 is 2.29 bits per heavy atom. The Labute approximate surface area is 236 Å². The topological polar surface area (TPSA) is 74.1 Å². The smallest absolute Gasteiger partial charge is 0.150 e. The van der Waals surface area contributed by atoms with Crippen molar-refractivity contribution < 1.29 is 0 Å². The van der Waals surface area contributed by atoms with Gasteiger partial charge in [0.1, 0.15) is 22.7 Å². The number of aromatic nitrogens is 3. The van der Waals surface area contributed by atoms with Gasteiger partial charge in [-0.2, -0.15) is 12.6 Å². The van der Waals surface area contributed by atoms with E-state index in [0.29, 0.717) is 11.2 Å². The average Bonchev–Trinajstić information content (AvgIpc) is 3.33. The summed E-state index contributed by atoms with van der Waals surface area (Å²) in [4.78, 5) is 17.9. The number of benzene rings is 1. The fourth-order valence-electron chi connectivity index (χ4n) is 5.14. The lowest BCUT2D eigenvalue weighted by Crippen LogP contribution is -2.53. The zero-order chi connectivity index (χ0) is 27.9. The molecule has 0 bridgehead atoms. The number of nitrogens with one attached hydrogen (secondary N) is 1. The Bertz CT molecular complexity index is 1160. The number of aromatic amines is 1. The van der Waals surface area contributed by atoms with Crippen LogP contribution in [0.15, 0.2) is 18.2 Å². The van der Waals surface area contributed by atoms with Crippen LogP contribution in [0.1, 0.15) is 99.2 Å². The quantitative estimate of drug-likeness (QED) is 0.229. The number of pyridine rings is 1. The first kappa shape index (κ1) is 30.6. The van der Waals surface area contributed by atoms with Gasteiger partial charge in [-0.3, -0.25) is 4.90 Å². The third-order valence-corrected chi connectivity index (χ3v) is 8.55. The first-order chi connectivity index (χ1) is 18.0. The van der Waals surface area contributed by atoms with E-state index in [4.69, 9.17) is 23.3 Å². The van der Waals surface area contributed by atoms with E-state index in [-0.39, 0.29) is 4.87 Å². The lowest BCUT2D eigenvalue weighted by atomic mass is 9.84. The minimum atomic E-state index is -0.0587. The molecule has 3 aromatic rings. The summed E-state index contributed by atoms with van der Waals surface area (Å²) in [6, 6.07) is 6.51. The molecule has 212 valence electrons. The minimum absolute atomic E-state index is 0.0587. The SMILES string of the molecule is CCC.CCCCc1nc2c([nH]1)c(N)nc1ccc(N3CCN(C(C)(S)CCCC(C)(C)CC)CC3)cc12. The number of imidazole rings is 1. The van der Waals surface area contributed by atoms with Crippen LogP contribution >= 0.6 is 12.6 Å². The zero-order valence-electron chi connectivity index (χ0n) is 25.0. The van der Waals surface area contributed by atoms with Crippen LogP contribution in [-0.2, 0) is 6.42 Å². The monoisotopic (exact) mass is 540 g/mol. The predicted molar refractivity (Wildman–Crippen MR) is 169 cm³/mol. The van der Waals surface area contributed by atoms with Crippen LogP contribution in [0.4, 0.5) is 11.5 Å². The van der Waals surface area contributed by atoms with Crippen LogP contribution in [0, 0.1) is 5.41 Å². The van der Waals surface area contributed by atoms with E-state index in [9.17, 15) is 0 Å². The maximum absolute atomic E-state index is 6.26. The molecule has 0 radical (unpaired) electrons. The van der Waals surface area contributed by atoms with Crippen molar-refractivity contribution in [3.63, 3.8) is 0 Å². The fourth-order valence-corrected chi connectivity index (χ4v) is 5.50. The molecule has 3 N–H and O–H groups in total. The highest BCUT2D eigenvalue weighted by Gasteiger charge is 2.31. The van der Waals surface area contributed by atoms with E-state index >= 15 is 0 Å². The summed E-state index contributed by atoms with van der Waals surface area (Å²) in [7, 11) is 0. The van der Waals surface area contributed by atoms with Crippen molar-refractivity contribution in [3.8, 4) is 0 Å². The maximum atomic E-state index is 6.26. The summed E-state index contributed by atoms with van der Waals surface area (Å²) in [5, 5.41) is 1.07. The summed E-state index contributed by atoms with van der Waals surface area (Å²) in [6.07, 6.45) is 9.28. The number of nitrogens with two attached hydrogens (primary N) is 1. The van der Waals surface area contributed by atoms with E-state index in [1.807, 2.05) is 0 Å². The molecule has 1 atom stereocenters. The number of hydrogen-bond acceptors (Lipinski definition) is 6. The van der Waals surface area contributed by atoms with Crippen molar-refractivity contribution >= 4 is 46.1 Å². The normalized spacial score (nSPS) is 16.5. The van der Waals surface area contributed by atoms with Crippen LogP contribution in [0.2, 0.25) is 0 Å². The molecule has 7 heteroatoms. The molecule has 3 heterocycles. The second-order valence-corrected chi connectivity index (χ2v) is 12.9. The van der Waals surface area contributed by atoms with Gasteiger partial charge in [-0.25, -0.2) is 9.97 Å². The Morgan fingerprint density at radius 2 is 1.66 bits per heavy atom. The number of anilines is 2. The van der Waals surface area contributed by atoms with E-state index < -0.39 is 0 Å².